The zero-order valence-electron chi connectivity index (χ0n) is 11.2. The molecule has 0 spiro atoms. The van der Waals surface area contributed by atoms with Crippen molar-refractivity contribution in [1.29, 1.82) is 0 Å². The van der Waals surface area contributed by atoms with E-state index < -0.39 is 23.2 Å². The molecular formula is C12H14ClF3N4O. The molecule has 21 heavy (non-hydrogen) atoms. The van der Waals surface area contributed by atoms with Crippen LogP contribution in [0.4, 0.5) is 19.0 Å². The first kappa shape index (κ1) is 15.8. The number of nitrogens with zero attached hydrogens (tertiary/aromatic N) is 3. The number of hydrogen-bond donors (Lipinski definition) is 1. The van der Waals surface area contributed by atoms with Crippen LogP contribution >= 0.6 is 11.6 Å². The highest BCUT2D eigenvalue weighted by atomic mass is 35.5. The highest BCUT2D eigenvalue weighted by Gasteiger charge is 2.36. The molecule has 1 aromatic rings. The molecular weight excluding hydrogens is 309 g/mol. The number of hydrogen-bond acceptors (Lipinski definition) is 4. The fourth-order valence-electron chi connectivity index (χ4n) is 2.34. The van der Waals surface area contributed by atoms with E-state index in [1.807, 2.05) is 0 Å². The number of amides is 1. The Morgan fingerprint density at radius 2 is 2.14 bits per heavy atom. The van der Waals surface area contributed by atoms with Gasteiger partial charge in [0.15, 0.2) is 5.69 Å². The zero-order valence-corrected chi connectivity index (χ0v) is 12.0. The molecule has 1 unspecified atom stereocenters. The molecule has 0 bridgehead atoms. The molecule has 1 saturated heterocycles. The van der Waals surface area contributed by atoms with E-state index in [1.54, 1.807) is 4.90 Å². The van der Waals surface area contributed by atoms with Gasteiger partial charge < -0.3 is 10.2 Å². The lowest BCUT2D eigenvalue weighted by Crippen LogP contribution is -2.49. The number of nitrogens with one attached hydrogen (secondary N) is 1. The molecule has 9 heteroatoms. The van der Waals surface area contributed by atoms with Gasteiger partial charge in [-0.3, -0.25) is 4.79 Å². The largest absolute Gasteiger partial charge is 0.433 e. The van der Waals surface area contributed by atoms with Crippen LogP contribution in [-0.4, -0.2) is 35.5 Å². The number of carbonyl (C=O) groups excluding carboxylic acids is 1. The highest BCUT2D eigenvalue weighted by Crippen LogP contribution is 2.32. The standard InChI is InChI=1S/C12H14ClF3N4O/c1-17-10(21)7-4-2-3-5-20(7)9-6-8(12(14,15)16)18-11(13)19-9/h6-7H,2-5H2,1H3,(H,17,21). The minimum absolute atomic E-state index is 0.0237. The van der Waals surface area contributed by atoms with Crippen LogP contribution in [0.15, 0.2) is 6.07 Å². The van der Waals surface area contributed by atoms with Crippen molar-refractivity contribution < 1.29 is 18.0 Å². The lowest BCUT2D eigenvalue weighted by Gasteiger charge is -2.35. The minimum Gasteiger partial charge on any atom is -0.357 e. The predicted molar refractivity (Wildman–Crippen MR) is 71.1 cm³/mol. The summed E-state index contributed by atoms with van der Waals surface area (Å²) >= 11 is 5.59. The molecule has 116 valence electrons. The normalized spacial score (nSPS) is 19.5. The highest BCUT2D eigenvalue weighted by molar-refractivity contribution is 6.28. The van der Waals surface area contributed by atoms with Crippen LogP contribution < -0.4 is 10.2 Å². The Bertz CT molecular complexity index is 538. The molecule has 1 aliphatic heterocycles. The van der Waals surface area contributed by atoms with E-state index in [4.69, 9.17) is 11.6 Å². The zero-order chi connectivity index (χ0) is 15.6. The lowest BCUT2D eigenvalue weighted by molar-refractivity contribution is -0.141. The summed E-state index contributed by atoms with van der Waals surface area (Å²) < 4.78 is 38.4. The van der Waals surface area contributed by atoms with Gasteiger partial charge in [0.05, 0.1) is 0 Å². The van der Waals surface area contributed by atoms with Crippen molar-refractivity contribution in [1.82, 2.24) is 15.3 Å². The summed E-state index contributed by atoms with van der Waals surface area (Å²) in [6, 6.07) is 0.281. The molecule has 1 aromatic heterocycles. The Morgan fingerprint density at radius 3 is 2.76 bits per heavy atom. The molecule has 1 aliphatic rings. The van der Waals surface area contributed by atoms with E-state index in [-0.39, 0.29) is 11.7 Å². The van der Waals surface area contributed by atoms with Gasteiger partial charge in [-0.05, 0) is 30.9 Å². The van der Waals surface area contributed by atoms with Crippen molar-refractivity contribution in [3.8, 4) is 0 Å². The minimum atomic E-state index is -4.61. The van der Waals surface area contributed by atoms with E-state index >= 15 is 0 Å². The molecule has 0 aliphatic carbocycles. The van der Waals surface area contributed by atoms with Crippen molar-refractivity contribution in [2.75, 3.05) is 18.5 Å². The number of halogens is 4. The molecule has 1 amide bonds. The van der Waals surface area contributed by atoms with E-state index in [0.717, 1.165) is 18.9 Å². The summed E-state index contributed by atoms with van der Waals surface area (Å²) in [7, 11) is 1.49. The van der Waals surface area contributed by atoms with Crippen LogP contribution in [0.3, 0.4) is 0 Å². The fourth-order valence-corrected chi connectivity index (χ4v) is 2.52. The maximum atomic E-state index is 12.8. The van der Waals surface area contributed by atoms with E-state index in [9.17, 15) is 18.0 Å². The van der Waals surface area contributed by atoms with Gasteiger partial charge in [0, 0.05) is 19.7 Å². The van der Waals surface area contributed by atoms with Gasteiger partial charge in [-0.25, -0.2) is 9.97 Å². The molecule has 1 fully saturated rings. The van der Waals surface area contributed by atoms with E-state index in [2.05, 4.69) is 15.3 Å². The van der Waals surface area contributed by atoms with Crippen LogP contribution in [-0.2, 0) is 11.0 Å². The second kappa shape index (κ2) is 6.05. The number of piperidine rings is 1. The maximum Gasteiger partial charge on any atom is 0.433 e. The summed E-state index contributed by atoms with van der Waals surface area (Å²) in [4.78, 5) is 20.4. The van der Waals surface area contributed by atoms with E-state index in [1.165, 1.54) is 7.05 Å². The molecule has 0 radical (unpaired) electrons. The van der Waals surface area contributed by atoms with E-state index in [0.29, 0.717) is 13.0 Å². The van der Waals surface area contributed by atoms with Gasteiger partial charge in [-0.2, -0.15) is 13.2 Å². The topological polar surface area (TPSA) is 58.1 Å². The Hall–Kier alpha value is -1.57. The number of likely N-dealkylation sites (N-methyl/N-ethyl adjacent to an activating group) is 1. The van der Waals surface area contributed by atoms with Gasteiger partial charge in [-0.15, -0.1) is 0 Å². The smallest absolute Gasteiger partial charge is 0.357 e. The molecule has 0 aromatic carbocycles. The van der Waals surface area contributed by atoms with Crippen molar-refractivity contribution >= 4 is 23.3 Å². The van der Waals surface area contributed by atoms with Crippen LogP contribution in [0.2, 0.25) is 5.28 Å². The molecule has 0 saturated carbocycles. The summed E-state index contributed by atoms with van der Waals surface area (Å²) in [5.41, 5.74) is -1.11. The lowest BCUT2D eigenvalue weighted by atomic mass is 10.0. The van der Waals surface area contributed by atoms with Crippen LogP contribution in [0.25, 0.3) is 0 Å². The molecule has 1 atom stereocenters. The quantitative estimate of drug-likeness (QED) is 0.849. The van der Waals surface area contributed by atoms with Gasteiger partial charge >= 0.3 is 6.18 Å². The summed E-state index contributed by atoms with van der Waals surface area (Å²) in [6.07, 6.45) is -2.45. The van der Waals surface area contributed by atoms with Crippen LogP contribution in [0.1, 0.15) is 25.0 Å². The van der Waals surface area contributed by atoms with Crippen molar-refractivity contribution in [3.05, 3.63) is 17.0 Å². The SMILES string of the molecule is CNC(=O)C1CCCCN1c1cc(C(F)(F)F)nc(Cl)n1. The Kier molecular flexibility index (Phi) is 4.55. The molecule has 5 nitrogen and oxygen atoms in total. The summed E-state index contributed by atoms with van der Waals surface area (Å²) in [5.74, 6) is -0.228. The van der Waals surface area contributed by atoms with Crippen molar-refractivity contribution in [3.63, 3.8) is 0 Å². The monoisotopic (exact) mass is 322 g/mol. The first-order valence-electron chi connectivity index (χ1n) is 6.43. The average molecular weight is 323 g/mol. The average Bonchev–Trinajstić information content (AvgIpc) is 2.45. The van der Waals surface area contributed by atoms with Gasteiger partial charge in [-0.1, -0.05) is 0 Å². The molecule has 1 N–H and O–H groups in total. The van der Waals surface area contributed by atoms with Crippen molar-refractivity contribution in [2.24, 2.45) is 0 Å². The Balaban J connectivity index is 2.39. The summed E-state index contributed by atoms with van der Waals surface area (Å²) in [6.45, 7) is 0.447. The van der Waals surface area contributed by atoms with Crippen molar-refractivity contribution in [2.45, 2.75) is 31.5 Å². The Morgan fingerprint density at radius 1 is 1.43 bits per heavy atom. The van der Waals surface area contributed by atoms with Gasteiger partial charge in [0.2, 0.25) is 11.2 Å². The Labute approximate surface area is 124 Å². The van der Waals surface area contributed by atoms with Crippen LogP contribution in [0.5, 0.6) is 0 Å². The summed E-state index contributed by atoms with van der Waals surface area (Å²) in [5, 5.41) is 2.03. The maximum absolute atomic E-state index is 12.8. The third-order valence-corrected chi connectivity index (χ3v) is 3.49. The number of anilines is 1. The molecule has 2 rings (SSSR count). The third kappa shape index (κ3) is 3.55. The fraction of sp³-hybridized carbons (Fsp3) is 0.583. The third-order valence-electron chi connectivity index (χ3n) is 3.32. The molecule has 2 heterocycles. The number of alkyl halides is 3. The van der Waals surface area contributed by atoms with Gasteiger partial charge in [0.1, 0.15) is 11.9 Å². The second-order valence-corrected chi connectivity index (χ2v) is 5.04. The number of rotatable bonds is 2. The predicted octanol–water partition coefficient (Wildman–Crippen LogP) is 2.25. The first-order valence-corrected chi connectivity index (χ1v) is 6.80. The van der Waals surface area contributed by atoms with Gasteiger partial charge in [0.25, 0.3) is 0 Å². The number of aromatic nitrogens is 2. The first-order chi connectivity index (χ1) is 9.82. The second-order valence-electron chi connectivity index (χ2n) is 4.70. The number of carbonyl (C=O) groups is 1. The van der Waals surface area contributed by atoms with Crippen LogP contribution in [0, 0.1) is 0 Å².